The van der Waals surface area contributed by atoms with E-state index < -0.39 is 0 Å². The molecule has 122 valence electrons. The van der Waals surface area contributed by atoms with Crippen LogP contribution in [0.1, 0.15) is 0 Å². The summed E-state index contributed by atoms with van der Waals surface area (Å²) in [6, 6.07) is 30.3. The predicted octanol–water partition coefficient (Wildman–Crippen LogP) is 5.36. The van der Waals surface area contributed by atoms with E-state index in [1.807, 2.05) is 102 Å². The van der Waals surface area contributed by atoms with Crippen molar-refractivity contribution in [2.75, 3.05) is 10.6 Å². The molecule has 1 heterocycles. The second kappa shape index (κ2) is 6.93. The molecule has 0 amide bonds. The fraction of sp³-hybridized carbons (Fsp3) is 0. The molecule has 4 rings (SSSR count). The van der Waals surface area contributed by atoms with E-state index in [2.05, 4.69) is 15.7 Å². The van der Waals surface area contributed by atoms with Crippen molar-refractivity contribution in [2.24, 2.45) is 0 Å². The van der Waals surface area contributed by atoms with Gasteiger partial charge in [-0.2, -0.15) is 5.10 Å². The lowest BCUT2D eigenvalue weighted by atomic mass is 10.2. The van der Waals surface area contributed by atoms with Gasteiger partial charge in [0, 0.05) is 29.3 Å². The largest absolute Gasteiger partial charge is 0.356 e. The Morgan fingerprint density at radius 2 is 1.12 bits per heavy atom. The average Bonchev–Trinajstić information content (AvgIpc) is 3.14. The van der Waals surface area contributed by atoms with Crippen LogP contribution in [-0.4, -0.2) is 9.78 Å². The molecule has 0 aliphatic carbocycles. The lowest BCUT2D eigenvalue weighted by Gasteiger charge is -2.08. The Bertz CT molecular complexity index is 929. The third-order valence-corrected chi connectivity index (χ3v) is 3.83. The fourth-order valence-electron chi connectivity index (χ4n) is 2.59. The molecule has 0 radical (unpaired) electrons. The van der Waals surface area contributed by atoms with Crippen molar-refractivity contribution in [1.82, 2.24) is 9.78 Å². The number of nitrogens with one attached hydrogen (secondary N) is 2. The zero-order chi connectivity index (χ0) is 16.9. The first-order valence-corrected chi connectivity index (χ1v) is 8.17. The van der Waals surface area contributed by atoms with E-state index in [-0.39, 0.29) is 0 Å². The second-order valence-electron chi connectivity index (χ2n) is 5.67. The van der Waals surface area contributed by atoms with Crippen LogP contribution < -0.4 is 10.6 Å². The molecule has 2 N–H and O–H groups in total. The van der Waals surface area contributed by atoms with Crippen LogP contribution in [0, 0.1) is 0 Å². The Morgan fingerprint density at radius 1 is 0.560 bits per heavy atom. The molecule has 0 aliphatic rings. The molecule has 25 heavy (non-hydrogen) atoms. The van der Waals surface area contributed by atoms with Gasteiger partial charge >= 0.3 is 0 Å². The molecule has 4 nitrogen and oxygen atoms in total. The van der Waals surface area contributed by atoms with Gasteiger partial charge in [0.2, 0.25) is 0 Å². The molecule has 0 bridgehead atoms. The molecule has 0 saturated heterocycles. The van der Waals surface area contributed by atoms with Gasteiger partial charge in [0.25, 0.3) is 0 Å². The highest BCUT2D eigenvalue weighted by molar-refractivity contribution is 5.64. The van der Waals surface area contributed by atoms with Crippen LogP contribution in [0.15, 0.2) is 97.2 Å². The molecule has 1 aromatic heterocycles. The number of benzene rings is 3. The maximum absolute atomic E-state index is 4.56. The van der Waals surface area contributed by atoms with Crippen LogP contribution in [-0.2, 0) is 0 Å². The standard InChI is InChI=1S/C21H18N4/c1-3-7-17(8-4-1)22-18-11-13-19(14-12-18)23-21-15-16-25(24-21)20-9-5-2-6-10-20/h1-16,22H,(H,23,24). The van der Waals surface area contributed by atoms with Gasteiger partial charge in [-0.3, -0.25) is 0 Å². The summed E-state index contributed by atoms with van der Waals surface area (Å²) in [5.74, 6) is 0.813. The minimum absolute atomic E-state index is 0.813. The monoisotopic (exact) mass is 326 g/mol. The fourth-order valence-corrected chi connectivity index (χ4v) is 2.59. The van der Waals surface area contributed by atoms with Gasteiger partial charge in [0.1, 0.15) is 0 Å². The lowest BCUT2D eigenvalue weighted by Crippen LogP contribution is -1.97. The van der Waals surface area contributed by atoms with Crippen LogP contribution >= 0.6 is 0 Å². The second-order valence-corrected chi connectivity index (χ2v) is 5.67. The Hall–Kier alpha value is -3.53. The number of para-hydroxylation sites is 2. The third kappa shape index (κ3) is 3.70. The van der Waals surface area contributed by atoms with E-state index in [1.54, 1.807) is 0 Å². The van der Waals surface area contributed by atoms with E-state index in [4.69, 9.17) is 0 Å². The van der Waals surface area contributed by atoms with Gasteiger partial charge < -0.3 is 10.6 Å². The van der Waals surface area contributed by atoms with Crippen molar-refractivity contribution < 1.29 is 0 Å². The summed E-state index contributed by atoms with van der Waals surface area (Å²) in [7, 11) is 0. The van der Waals surface area contributed by atoms with Crippen molar-refractivity contribution in [3.05, 3.63) is 97.2 Å². The summed E-state index contributed by atoms with van der Waals surface area (Å²) in [4.78, 5) is 0. The number of nitrogens with zero attached hydrogens (tertiary/aromatic N) is 2. The highest BCUT2D eigenvalue weighted by atomic mass is 15.3. The van der Waals surface area contributed by atoms with Crippen molar-refractivity contribution >= 4 is 22.9 Å². The molecule has 0 aliphatic heterocycles. The van der Waals surface area contributed by atoms with Gasteiger partial charge in [0.05, 0.1) is 5.69 Å². The molecular weight excluding hydrogens is 308 g/mol. The van der Waals surface area contributed by atoms with Crippen molar-refractivity contribution in [3.63, 3.8) is 0 Å². The summed E-state index contributed by atoms with van der Waals surface area (Å²) in [6.07, 6.45) is 1.95. The van der Waals surface area contributed by atoms with E-state index in [0.29, 0.717) is 0 Å². The van der Waals surface area contributed by atoms with E-state index in [1.165, 1.54) is 0 Å². The maximum atomic E-state index is 4.56. The van der Waals surface area contributed by atoms with Crippen LogP contribution in [0.25, 0.3) is 5.69 Å². The van der Waals surface area contributed by atoms with E-state index in [9.17, 15) is 0 Å². The topological polar surface area (TPSA) is 41.9 Å². The van der Waals surface area contributed by atoms with Gasteiger partial charge in [-0.1, -0.05) is 36.4 Å². The summed E-state index contributed by atoms with van der Waals surface area (Å²) < 4.78 is 1.85. The number of hydrogen-bond acceptors (Lipinski definition) is 3. The van der Waals surface area contributed by atoms with Crippen LogP contribution in [0.5, 0.6) is 0 Å². The van der Waals surface area contributed by atoms with Gasteiger partial charge in [-0.05, 0) is 48.5 Å². The van der Waals surface area contributed by atoms with Crippen molar-refractivity contribution in [3.8, 4) is 5.69 Å². The highest BCUT2D eigenvalue weighted by Gasteiger charge is 2.02. The number of anilines is 4. The van der Waals surface area contributed by atoms with Gasteiger partial charge in [-0.25, -0.2) is 4.68 Å². The summed E-state index contributed by atoms with van der Waals surface area (Å²) >= 11 is 0. The molecule has 3 aromatic carbocycles. The maximum Gasteiger partial charge on any atom is 0.152 e. The molecule has 0 fully saturated rings. The first-order chi connectivity index (χ1) is 12.4. The molecule has 0 atom stereocenters. The minimum Gasteiger partial charge on any atom is -0.356 e. The Kier molecular flexibility index (Phi) is 4.16. The summed E-state index contributed by atoms with van der Waals surface area (Å²) in [6.45, 7) is 0. The Morgan fingerprint density at radius 3 is 1.80 bits per heavy atom. The third-order valence-electron chi connectivity index (χ3n) is 3.83. The van der Waals surface area contributed by atoms with Gasteiger partial charge in [-0.15, -0.1) is 0 Å². The molecule has 4 heteroatoms. The summed E-state index contributed by atoms with van der Waals surface area (Å²) in [5.41, 5.74) is 4.16. The van der Waals surface area contributed by atoms with Crippen LogP contribution in [0.3, 0.4) is 0 Å². The normalized spacial score (nSPS) is 10.4. The van der Waals surface area contributed by atoms with Crippen LogP contribution in [0.2, 0.25) is 0 Å². The SMILES string of the molecule is c1ccc(Nc2ccc(Nc3ccn(-c4ccccc4)n3)cc2)cc1. The molecule has 4 aromatic rings. The average molecular weight is 326 g/mol. The first-order valence-electron chi connectivity index (χ1n) is 8.17. The minimum atomic E-state index is 0.813. The zero-order valence-electron chi connectivity index (χ0n) is 13.6. The van der Waals surface area contributed by atoms with Gasteiger partial charge in [0.15, 0.2) is 5.82 Å². The number of rotatable bonds is 5. The molecular formula is C21H18N4. The van der Waals surface area contributed by atoms with Crippen LogP contribution in [0.4, 0.5) is 22.9 Å². The Labute approximate surface area is 146 Å². The number of hydrogen-bond donors (Lipinski definition) is 2. The van der Waals surface area contributed by atoms with Crippen molar-refractivity contribution in [1.29, 1.82) is 0 Å². The predicted molar refractivity (Wildman–Crippen MR) is 103 cm³/mol. The first kappa shape index (κ1) is 15.0. The Balaban J connectivity index is 1.44. The smallest absolute Gasteiger partial charge is 0.152 e. The van der Waals surface area contributed by atoms with E-state index >= 15 is 0 Å². The molecule has 0 unspecified atom stereocenters. The summed E-state index contributed by atoms with van der Waals surface area (Å²) in [5, 5.41) is 11.3. The lowest BCUT2D eigenvalue weighted by molar-refractivity contribution is 0.884. The zero-order valence-corrected chi connectivity index (χ0v) is 13.6. The highest BCUT2D eigenvalue weighted by Crippen LogP contribution is 2.21. The molecule has 0 saturated carbocycles. The number of aromatic nitrogens is 2. The van der Waals surface area contributed by atoms with Crippen molar-refractivity contribution in [2.45, 2.75) is 0 Å². The molecule has 0 spiro atoms. The quantitative estimate of drug-likeness (QED) is 0.519. The van der Waals surface area contributed by atoms with E-state index in [0.717, 1.165) is 28.6 Å².